The van der Waals surface area contributed by atoms with Gasteiger partial charge >= 0.3 is 0 Å². The Balaban J connectivity index is 1.40. The van der Waals surface area contributed by atoms with E-state index in [0.717, 1.165) is 53.2 Å². The van der Waals surface area contributed by atoms with Gasteiger partial charge in [0, 0.05) is 53.6 Å². The molecule has 3 aromatic rings. The van der Waals surface area contributed by atoms with Gasteiger partial charge in [-0.1, -0.05) is 12.1 Å². The summed E-state index contributed by atoms with van der Waals surface area (Å²) < 4.78 is 0. The van der Waals surface area contributed by atoms with Crippen molar-refractivity contribution in [3.05, 3.63) is 70.2 Å². The molecule has 1 aliphatic heterocycles. The summed E-state index contributed by atoms with van der Waals surface area (Å²) >= 11 is 3.30. The van der Waals surface area contributed by atoms with E-state index in [1.807, 2.05) is 43.3 Å². The van der Waals surface area contributed by atoms with Crippen molar-refractivity contribution in [1.29, 1.82) is 0 Å². The van der Waals surface area contributed by atoms with Crippen molar-refractivity contribution in [2.24, 2.45) is 0 Å². The molecule has 1 saturated heterocycles. The number of aryl methyl sites for hydroxylation is 1. The number of amides is 1. The molecular weight excluding hydrogens is 412 g/mol. The van der Waals surface area contributed by atoms with Crippen molar-refractivity contribution in [3.8, 4) is 0 Å². The summed E-state index contributed by atoms with van der Waals surface area (Å²) in [6.45, 7) is 6.23. The number of hydrogen-bond donors (Lipinski definition) is 1. The molecule has 0 aliphatic carbocycles. The molecule has 0 radical (unpaired) electrons. The molecule has 0 unspecified atom stereocenters. The SMILES string of the molecule is Cc1nc(CSc2ccccc2C(=O)Nc2ccc(N3CCN(C)CC3)cc2)cs1. The van der Waals surface area contributed by atoms with Gasteiger partial charge in [0.2, 0.25) is 0 Å². The topological polar surface area (TPSA) is 48.5 Å². The van der Waals surface area contributed by atoms with Gasteiger partial charge in [0.15, 0.2) is 0 Å². The number of likely N-dealkylation sites (N-methyl/N-ethyl adjacent to an activating group) is 1. The zero-order valence-electron chi connectivity index (χ0n) is 17.3. The minimum atomic E-state index is -0.0834. The lowest BCUT2D eigenvalue weighted by atomic mass is 10.2. The van der Waals surface area contributed by atoms with E-state index in [9.17, 15) is 4.79 Å². The van der Waals surface area contributed by atoms with E-state index in [0.29, 0.717) is 5.56 Å². The van der Waals surface area contributed by atoms with Gasteiger partial charge in [0.1, 0.15) is 0 Å². The number of carbonyl (C=O) groups excluding carboxylic acids is 1. The average molecular weight is 439 g/mol. The third-order valence-electron chi connectivity index (χ3n) is 5.17. The van der Waals surface area contributed by atoms with Crippen LogP contribution in [0, 0.1) is 6.92 Å². The van der Waals surface area contributed by atoms with Gasteiger partial charge < -0.3 is 15.1 Å². The maximum atomic E-state index is 12.9. The number of hydrogen-bond acceptors (Lipinski definition) is 6. The minimum absolute atomic E-state index is 0.0834. The standard InChI is InChI=1S/C23H26N4OS2/c1-17-24-19(15-29-17)16-30-22-6-4-3-5-21(22)23(28)25-18-7-9-20(10-8-18)27-13-11-26(2)12-14-27/h3-10,15H,11-14,16H2,1-2H3,(H,25,28). The molecule has 1 amide bonds. The van der Waals surface area contributed by atoms with E-state index < -0.39 is 0 Å². The summed E-state index contributed by atoms with van der Waals surface area (Å²) in [5.41, 5.74) is 3.76. The molecule has 30 heavy (non-hydrogen) atoms. The van der Waals surface area contributed by atoms with Crippen LogP contribution in [0.5, 0.6) is 0 Å². The third kappa shape index (κ3) is 5.22. The fraction of sp³-hybridized carbons (Fsp3) is 0.304. The van der Waals surface area contributed by atoms with Crippen LogP contribution in [0.15, 0.2) is 58.8 Å². The fourth-order valence-electron chi connectivity index (χ4n) is 3.42. The van der Waals surface area contributed by atoms with Gasteiger partial charge in [0.05, 0.1) is 16.3 Å². The predicted molar refractivity (Wildman–Crippen MR) is 127 cm³/mol. The highest BCUT2D eigenvalue weighted by Crippen LogP contribution is 2.28. The highest BCUT2D eigenvalue weighted by molar-refractivity contribution is 7.98. The monoisotopic (exact) mass is 438 g/mol. The first-order chi connectivity index (χ1) is 14.6. The molecule has 4 rings (SSSR count). The van der Waals surface area contributed by atoms with E-state index >= 15 is 0 Å². The van der Waals surface area contributed by atoms with Crippen molar-refractivity contribution >= 4 is 40.4 Å². The minimum Gasteiger partial charge on any atom is -0.369 e. The molecule has 1 aromatic heterocycles. The van der Waals surface area contributed by atoms with E-state index in [-0.39, 0.29) is 5.91 Å². The molecule has 0 atom stereocenters. The summed E-state index contributed by atoms with van der Waals surface area (Å²) in [5.74, 6) is 0.675. The Morgan fingerprint density at radius 3 is 2.53 bits per heavy atom. The summed E-state index contributed by atoms with van der Waals surface area (Å²) in [7, 11) is 2.16. The van der Waals surface area contributed by atoms with E-state index in [1.54, 1.807) is 23.1 Å². The predicted octanol–water partition coefficient (Wildman–Crippen LogP) is 4.75. The van der Waals surface area contributed by atoms with Crippen LogP contribution in [0.2, 0.25) is 0 Å². The Morgan fingerprint density at radius 2 is 1.83 bits per heavy atom. The lowest BCUT2D eigenvalue weighted by Gasteiger charge is -2.34. The molecule has 5 nitrogen and oxygen atoms in total. The second-order valence-corrected chi connectivity index (χ2v) is 9.51. The van der Waals surface area contributed by atoms with Gasteiger partial charge in [-0.05, 0) is 50.4 Å². The largest absolute Gasteiger partial charge is 0.369 e. The quantitative estimate of drug-likeness (QED) is 0.563. The van der Waals surface area contributed by atoms with Crippen LogP contribution in [-0.2, 0) is 5.75 Å². The molecule has 1 N–H and O–H groups in total. The highest BCUT2D eigenvalue weighted by Gasteiger charge is 2.15. The van der Waals surface area contributed by atoms with Crippen LogP contribution in [0.3, 0.4) is 0 Å². The van der Waals surface area contributed by atoms with Crippen LogP contribution >= 0.6 is 23.1 Å². The Morgan fingerprint density at radius 1 is 1.10 bits per heavy atom. The molecule has 2 heterocycles. The van der Waals surface area contributed by atoms with E-state index in [2.05, 4.69) is 44.7 Å². The van der Waals surface area contributed by atoms with Gasteiger partial charge in [-0.3, -0.25) is 4.79 Å². The van der Waals surface area contributed by atoms with Crippen molar-refractivity contribution < 1.29 is 4.79 Å². The Labute approximate surface area is 186 Å². The zero-order valence-corrected chi connectivity index (χ0v) is 18.9. The lowest BCUT2D eigenvalue weighted by Crippen LogP contribution is -2.44. The molecule has 1 aliphatic rings. The molecule has 7 heteroatoms. The number of benzene rings is 2. The summed E-state index contributed by atoms with van der Waals surface area (Å²) in [6, 6.07) is 15.9. The summed E-state index contributed by atoms with van der Waals surface area (Å²) in [5, 5.41) is 6.19. The number of aromatic nitrogens is 1. The highest BCUT2D eigenvalue weighted by atomic mass is 32.2. The molecule has 1 fully saturated rings. The number of thioether (sulfide) groups is 1. The average Bonchev–Trinajstić information content (AvgIpc) is 3.19. The van der Waals surface area contributed by atoms with Crippen LogP contribution in [0.4, 0.5) is 11.4 Å². The number of carbonyl (C=O) groups is 1. The van der Waals surface area contributed by atoms with Crippen LogP contribution < -0.4 is 10.2 Å². The van der Waals surface area contributed by atoms with Crippen LogP contribution in [0.25, 0.3) is 0 Å². The Hall–Kier alpha value is -2.35. The molecular formula is C23H26N4OS2. The van der Waals surface area contributed by atoms with Crippen LogP contribution in [0.1, 0.15) is 21.1 Å². The molecule has 0 bridgehead atoms. The Bertz CT molecular complexity index is 994. The molecule has 0 spiro atoms. The summed E-state index contributed by atoms with van der Waals surface area (Å²) in [4.78, 5) is 23.1. The van der Waals surface area contributed by atoms with E-state index in [4.69, 9.17) is 0 Å². The smallest absolute Gasteiger partial charge is 0.256 e. The first-order valence-corrected chi connectivity index (χ1v) is 11.9. The number of piperazine rings is 1. The van der Waals surface area contributed by atoms with Crippen LogP contribution in [-0.4, -0.2) is 49.0 Å². The first kappa shape index (κ1) is 20.9. The van der Waals surface area contributed by atoms with Crippen molar-refractivity contribution in [3.63, 3.8) is 0 Å². The normalized spacial score (nSPS) is 14.7. The number of nitrogens with zero attached hydrogens (tertiary/aromatic N) is 3. The number of rotatable bonds is 6. The number of anilines is 2. The maximum Gasteiger partial charge on any atom is 0.256 e. The van der Waals surface area contributed by atoms with Crippen molar-refractivity contribution in [2.45, 2.75) is 17.6 Å². The molecule has 2 aromatic carbocycles. The molecule has 0 saturated carbocycles. The number of thiazole rings is 1. The Kier molecular flexibility index (Phi) is 6.72. The maximum absolute atomic E-state index is 12.9. The number of nitrogens with one attached hydrogen (secondary N) is 1. The molecule has 156 valence electrons. The summed E-state index contributed by atoms with van der Waals surface area (Å²) in [6.07, 6.45) is 0. The second-order valence-electron chi connectivity index (χ2n) is 7.43. The zero-order chi connectivity index (χ0) is 20.9. The fourth-order valence-corrected chi connectivity index (χ4v) is 5.09. The van der Waals surface area contributed by atoms with Gasteiger partial charge in [-0.2, -0.15) is 0 Å². The lowest BCUT2D eigenvalue weighted by molar-refractivity contribution is 0.102. The van der Waals surface area contributed by atoms with E-state index in [1.165, 1.54) is 5.69 Å². The second kappa shape index (κ2) is 9.64. The van der Waals surface area contributed by atoms with Gasteiger partial charge in [-0.15, -0.1) is 23.1 Å². The van der Waals surface area contributed by atoms with Crippen molar-refractivity contribution in [2.75, 3.05) is 43.4 Å². The first-order valence-electron chi connectivity index (χ1n) is 10.1. The van der Waals surface area contributed by atoms with Crippen molar-refractivity contribution in [1.82, 2.24) is 9.88 Å². The van der Waals surface area contributed by atoms with Gasteiger partial charge in [-0.25, -0.2) is 4.98 Å². The van der Waals surface area contributed by atoms with Gasteiger partial charge in [0.25, 0.3) is 5.91 Å². The third-order valence-corrected chi connectivity index (χ3v) is 7.10.